The molecule has 0 bridgehead atoms. The van der Waals surface area contributed by atoms with E-state index in [9.17, 15) is 8.42 Å². The third kappa shape index (κ3) is 2.88. The first-order valence-electron chi connectivity index (χ1n) is 6.45. The van der Waals surface area contributed by atoms with E-state index >= 15 is 0 Å². The fraction of sp³-hybridized carbons (Fsp3) is 0.385. The van der Waals surface area contributed by atoms with Crippen LogP contribution in [-0.2, 0) is 16.6 Å². The van der Waals surface area contributed by atoms with Crippen LogP contribution in [0, 0.1) is 5.41 Å². The van der Waals surface area contributed by atoms with Gasteiger partial charge in [0.25, 0.3) is 0 Å². The first-order valence-corrected chi connectivity index (χ1v) is 7.94. The van der Waals surface area contributed by atoms with Crippen molar-refractivity contribution in [3.05, 3.63) is 43.2 Å². The summed E-state index contributed by atoms with van der Waals surface area (Å²) in [5.74, 6) is 0. The van der Waals surface area contributed by atoms with Crippen molar-refractivity contribution in [2.45, 2.75) is 24.3 Å². The number of imidazole rings is 1. The molecule has 0 unspecified atom stereocenters. The summed E-state index contributed by atoms with van der Waals surface area (Å²) in [7, 11) is -3.47. The maximum absolute atomic E-state index is 12.1. The van der Waals surface area contributed by atoms with Gasteiger partial charge in [0.2, 0.25) is 10.0 Å². The van der Waals surface area contributed by atoms with Crippen molar-refractivity contribution in [1.29, 1.82) is 0 Å². The van der Waals surface area contributed by atoms with Crippen LogP contribution >= 0.6 is 0 Å². The molecule has 6 nitrogen and oxygen atoms in total. The second kappa shape index (κ2) is 4.99. The first-order chi connectivity index (χ1) is 9.60. The summed E-state index contributed by atoms with van der Waals surface area (Å²) in [5.41, 5.74) is 0.0238. The molecule has 20 heavy (non-hydrogen) atoms. The highest BCUT2D eigenvalue weighted by molar-refractivity contribution is 7.89. The summed E-state index contributed by atoms with van der Waals surface area (Å²) in [6.07, 6.45) is 10.4. The van der Waals surface area contributed by atoms with Crippen LogP contribution in [0.3, 0.4) is 0 Å². The van der Waals surface area contributed by atoms with E-state index in [4.69, 9.17) is 0 Å². The van der Waals surface area contributed by atoms with E-state index in [1.54, 1.807) is 30.9 Å². The van der Waals surface area contributed by atoms with E-state index in [1.807, 2.05) is 10.8 Å². The molecule has 0 saturated heterocycles. The summed E-state index contributed by atoms with van der Waals surface area (Å²) in [4.78, 5) is 8.05. The van der Waals surface area contributed by atoms with Gasteiger partial charge in [0, 0.05) is 43.3 Å². The lowest BCUT2D eigenvalue weighted by Gasteiger charge is -2.16. The molecular weight excluding hydrogens is 276 g/mol. The van der Waals surface area contributed by atoms with Crippen LogP contribution in [0.15, 0.2) is 48.1 Å². The van der Waals surface area contributed by atoms with Gasteiger partial charge in [-0.05, 0) is 25.0 Å². The van der Waals surface area contributed by atoms with E-state index in [1.165, 1.54) is 6.20 Å². The fourth-order valence-electron chi connectivity index (χ4n) is 2.17. The fourth-order valence-corrected chi connectivity index (χ4v) is 3.29. The summed E-state index contributed by atoms with van der Waals surface area (Å²) < 4.78 is 29.0. The van der Waals surface area contributed by atoms with Crippen LogP contribution in [0.5, 0.6) is 0 Å². The molecule has 7 heteroatoms. The van der Waals surface area contributed by atoms with E-state index in [0.717, 1.165) is 19.4 Å². The predicted octanol–water partition coefficient (Wildman–Crippen LogP) is 1.04. The average molecular weight is 292 g/mol. The topological polar surface area (TPSA) is 76.9 Å². The highest BCUT2D eigenvalue weighted by Gasteiger charge is 2.43. The van der Waals surface area contributed by atoms with Crippen molar-refractivity contribution in [3.8, 4) is 0 Å². The minimum atomic E-state index is -3.47. The number of nitrogens with zero attached hydrogens (tertiary/aromatic N) is 3. The Morgan fingerprint density at radius 2 is 2.15 bits per heavy atom. The van der Waals surface area contributed by atoms with E-state index in [-0.39, 0.29) is 10.3 Å². The molecule has 2 heterocycles. The Morgan fingerprint density at radius 3 is 2.75 bits per heavy atom. The number of sulfonamides is 1. The maximum Gasteiger partial charge on any atom is 0.242 e. The highest BCUT2D eigenvalue weighted by atomic mass is 32.2. The van der Waals surface area contributed by atoms with Crippen LogP contribution < -0.4 is 4.72 Å². The number of pyridine rings is 1. The van der Waals surface area contributed by atoms with Gasteiger partial charge in [-0.15, -0.1) is 0 Å². The zero-order valence-corrected chi connectivity index (χ0v) is 11.8. The average Bonchev–Trinajstić information content (AvgIpc) is 3.03. The third-order valence-corrected chi connectivity index (χ3v) is 5.00. The van der Waals surface area contributed by atoms with Crippen LogP contribution in [0.25, 0.3) is 0 Å². The Hall–Kier alpha value is -1.73. The van der Waals surface area contributed by atoms with E-state index in [2.05, 4.69) is 14.7 Å². The van der Waals surface area contributed by atoms with Gasteiger partial charge < -0.3 is 4.57 Å². The van der Waals surface area contributed by atoms with Crippen LogP contribution in [0.4, 0.5) is 0 Å². The molecule has 1 aliphatic carbocycles. The maximum atomic E-state index is 12.1. The highest BCUT2D eigenvalue weighted by Crippen LogP contribution is 2.46. The number of aromatic nitrogens is 3. The van der Waals surface area contributed by atoms with Gasteiger partial charge in [0.1, 0.15) is 4.90 Å². The largest absolute Gasteiger partial charge is 0.337 e. The number of hydrogen-bond donors (Lipinski definition) is 1. The molecule has 0 aromatic carbocycles. The van der Waals surface area contributed by atoms with Crippen LogP contribution in [-0.4, -0.2) is 29.5 Å². The molecule has 3 rings (SSSR count). The predicted molar refractivity (Wildman–Crippen MR) is 73.3 cm³/mol. The molecule has 1 fully saturated rings. The smallest absolute Gasteiger partial charge is 0.242 e. The Balaban J connectivity index is 1.65. The quantitative estimate of drug-likeness (QED) is 0.863. The summed E-state index contributed by atoms with van der Waals surface area (Å²) in [5, 5.41) is 0. The molecule has 0 radical (unpaired) electrons. The van der Waals surface area contributed by atoms with Crippen molar-refractivity contribution in [3.63, 3.8) is 0 Å². The zero-order valence-electron chi connectivity index (χ0n) is 10.9. The molecule has 1 saturated carbocycles. The van der Waals surface area contributed by atoms with Gasteiger partial charge in [0.05, 0.1) is 6.33 Å². The van der Waals surface area contributed by atoms with Crippen molar-refractivity contribution in [1.82, 2.24) is 19.3 Å². The van der Waals surface area contributed by atoms with E-state index < -0.39 is 10.0 Å². The summed E-state index contributed by atoms with van der Waals surface area (Å²) >= 11 is 0. The monoisotopic (exact) mass is 292 g/mol. The standard InChI is InChI=1S/C13H16N4O2S/c18-20(19,12-2-1-5-14-8-12)16-9-13(3-4-13)10-17-7-6-15-11-17/h1-2,5-8,11,16H,3-4,9-10H2. The molecule has 1 aliphatic rings. The molecule has 2 aromatic heterocycles. The van der Waals surface area contributed by atoms with Gasteiger partial charge in [-0.3, -0.25) is 4.98 Å². The van der Waals surface area contributed by atoms with Crippen LogP contribution in [0.2, 0.25) is 0 Å². The lowest BCUT2D eigenvalue weighted by atomic mass is 10.1. The molecular formula is C13H16N4O2S. The second-order valence-electron chi connectivity index (χ2n) is 5.25. The zero-order chi connectivity index (χ0) is 14.1. The summed E-state index contributed by atoms with van der Waals surface area (Å²) in [6.45, 7) is 1.24. The third-order valence-electron chi connectivity index (χ3n) is 3.62. The Kier molecular flexibility index (Phi) is 3.31. The molecule has 1 N–H and O–H groups in total. The van der Waals surface area contributed by atoms with Gasteiger partial charge >= 0.3 is 0 Å². The van der Waals surface area contributed by atoms with Gasteiger partial charge in [-0.25, -0.2) is 18.1 Å². The minimum Gasteiger partial charge on any atom is -0.337 e. The molecule has 0 aliphatic heterocycles. The molecule has 0 amide bonds. The Morgan fingerprint density at radius 1 is 1.30 bits per heavy atom. The minimum absolute atomic E-state index is 0.0238. The number of nitrogens with one attached hydrogen (secondary N) is 1. The van der Waals surface area contributed by atoms with Crippen LogP contribution in [0.1, 0.15) is 12.8 Å². The van der Waals surface area contributed by atoms with E-state index in [0.29, 0.717) is 6.54 Å². The van der Waals surface area contributed by atoms with Crippen molar-refractivity contribution in [2.75, 3.05) is 6.54 Å². The first kappa shape index (κ1) is 13.3. The molecule has 0 spiro atoms. The van der Waals surface area contributed by atoms with Gasteiger partial charge in [-0.1, -0.05) is 0 Å². The number of hydrogen-bond acceptors (Lipinski definition) is 4. The normalized spacial score (nSPS) is 17.0. The van der Waals surface area contributed by atoms with Crippen molar-refractivity contribution in [2.24, 2.45) is 5.41 Å². The number of rotatable bonds is 6. The Labute approximate surface area is 117 Å². The molecule has 2 aromatic rings. The van der Waals surface area contributed by atoms with Gasteiger partial charge in [-0.2, -0.15) is 0 Å². The van der Waals surface area contributed by atoms with Crippen molar-refractivity contribution < 1.29 is 8.42 Å². The lowest BCUT2D eigenvalue weighted by Crippen LogP contribution is -2.32. The Bertz CT molecular complexity index is 664. The second-order valence-corrected chi connectivity index (χ2v) is 7.02. The molecule has 0 atom stereocenters. The summed E-state index contributed by atoms with van der Waals surface area (Å²) in [6, 6.07) is 3.16. The van der Waals surface area contributed by atoms with Crippen molar-refractivity contribution >= 4 is 10.0 Å². The lowest BCUT2D eigenvalue weighted by molar-refractivity contribution is 0.416. The molecule has 106 valence electrons. The SMILES string of the molecule is O=S(=O)(NCC1(Cn2ccnc2)CC1)c1cccnc1. The van der Waals surface area contributed by atoms with Gasteiger partial charge in [0.15, 0.2) is 0 Å².